The van der Waals surface area contributed by atoms with Crippen LogP contribution in [0.1, 0.15) is 26.2 Å². The number of carbonyl (C=O) groups is 4. The quantitative estimate of drug-likeness (QED) is 0.152. The number of nitrogens with zero attached hydrogens (tertiary/aromatic N) is 3. The fourth-order valence-electron chi connectivity index (χ4n) is 3.19. The van der Waals surface area contributed by atoms with Gasteiger partial charge in [-0.2, -0.15) is 0 Å². The van der Waals surface area contributed by atoms with Gasteiger partial charge in [-0.05, 0) is 25.9 Å². The summed E-state index contributed by atoms with van der Waals surface area (Å²) in [6, 6.07) is -0.232. The fourth-order valence-corrected chi connectivity index (χ4v) is 3.19. The van der Waals surface area contributed by atoms with Gasteiger partial charge in [-0.15, -0.1) is 0 Å². The number of unbranched alkanes of at least 4 members (excludes halogenated alkanes) is 1. The van der Waals surface area contributed by atoms with Gasteiger partial charge in [-0.25, -0.2) is 0 Å². The Bertz CT molecular complexity index is 544. The number of hydrogen-bond acceptors (Lipinski definition) is 8. The predicted octanol–water partition coefficient (Wildman–Crippen LogP) is -1.25. The predicted molar refractivity (Wildman–Crippen MR) is 107 cm³/mol. The highest BCUT2D eigenvalue weighted by atomic mass is 16.4. The second-order valence-corrected chi connectivity index (χ2v) is 7.02. The first-order chi connectivity index (χ1) is 14.1. The van der Waals surface area contributed by atoms with Crippen LogP contribution in [-0.4, -0.2) is 124 Å². The third-order valence-electron chi connectivity index (χ3n) is 4.53. The molecule has 0 aliphatic heterocycles. The van der Waals surface area contributed by atoms with Gasteiger partial charge in [-0.3, -0.25) is 33.9 Å². The van der Waals surface area contributed by atoms with E-state index >= 15 is 0 Å². The lowest BCUT2D eigenvalue weighted by Gasteiger charge is -2.34. The molecule has 0 saturated carbocycles. The first-order valence-corrected chi connectivity index (χ1v) is 9.85. The zero-order valence-corrected chi connectivity index (χ0v) is 17.4. The lowest BCUT2D eigenvalue weighted by atomic mass is 10.1. The van der Waals surface area contributed by atoms with Crippen LogP contribution < -0.4 is 5.73 Å². The van der Waals surface area contributed by atoms with Crippen LogP contribution in [0.2, 0.25) is 0 Å². The second kappa shape index (κ2) is 15.5. The number of nitrogens with two attached hydrogens (primary N) is 1. The van der Waals surface area contributed by atoms with Crippen molar-refractivity contribution in [2.24, 2.45) is 5.73 Å². The number of carboxylic acids is 4. The average molecular weight is 434 g/mol. The smallest absolute Gasteiger partial charge is 0.317 e. The van der Waals surface area contributed by atoms with Crippen LogP contribution >= 0.6 is 0 Å². The van der Waals surface area contributed by atoms with Crippen molar-refractivity contribution in [1.82, 2.24) is 14.7 Å². The molecule has 0 aliphatic carbocycles. The SMILES string of the molecule is CCN(CC(=O)O)C(CCCCN)CN(CCN(CC(=O)O)CC(=O)O)CC(=O)O. The minimum absolute atomic E-state index is 0.0481. The van der Waals surface area contributed by atoms with Gasteiger partial charge in [-0.1, -0.05) is 13.3 Å². The van der Waals surface area contributed by atoms with Crippen molar-refractivity contribution in [2.75, 3.05) is 58.9 Å². The van der Waals surface area contributed by atoms with Gasteiger partial charge < -0.3 is 26.2 Å². The molecule has 0 saturated heterocycles. The lowest BCUT2D eigenvalue weighted by Crippen LogP contribution is -2.49. The summed E-state index contributed by atoms with van der Waals surface area (Å²) in [4.78, 5) is 48.9. The van der Waals surface area contributed by atoms with Gasteiger partial charge >= 0.3 is 23.9 Å². The molecule has 174 valence electrons. The molecule has 0 aromatic carbocycles. The summed E-state index contributed by atoms with van der Waals surface area (Å²) in [6.07, 6.45) is 2.13. The third kappa shape index (κ3) is 13.8. The Kier molecular flexibility index (Phi) is 14.4. The van der Waals surface area contributed by atoms with Crippen molar-refractivity contribution in [2.45, 2.75) is 32.2 Å². The Labute approximate surface area is 175 Å². The molecule has 12 nitrogen and oxygen atoms in total. The summed E-state index contributed by atoms with van der Waals surface area (Å²) < 4.78 is 0. The molecule has 0 aromatic rings. The first-order valence-electron chi connectivity index (χ1n) is 9.85. The Morgan fingerprint density at radius 1 is 0.767 bits per heavy atom. The summed E-state index contributed by atoms with van der Waals surface area (Å²) in [5, 5.41) is 36.3. The van der Waals surface area contributed by atoms with Gasteiger partial charge in [0.15, 0.2) is 0 Å². The Balaban J connectivity index is 5.28. The largest absolute Gasteiger partial charge is 0.480 e. The standard InChI is InChI=1S/C18H34N4O8/c1-2-22(13-18(29)30)14(5-3-4-6-19)9-20(10-15(23)24)7-8-21(11-16(25)26)12-17(27)28/h14H,2-13,19H2,1H3,(H,23,24)(H,25,26)(H,27,28)(H,29,30). The monoisotopic (exact) mass is 434 g/mol. The molecule has 0 amide bonds. The number of likely N-dealkylation sites (N-methyl/N-ethyl adjacent to an activating group) is 1. The van der Waals surface area contributed by atoms with Crippen molar-refractivity contribution >= 4 is 23.9 Å². The van der Waals surface area contributed by atoms with E-state index in [9.17, 15) is 29.4 Å². The first kappa shape index (κ1) is 27.7. The van der Waals surface area contributed by atoms with Gasteiger partial charge in [0.25, 0.3) is 0 Å². The Hall–Kier alpha value is -2.28. The topological polar surface area (TPSA) is 185 Å². The van der Waals surface area contributed by atoms with E-state index in [0.29, 0.717) is 19.5 Å². The van der Waals surface area contributed by atoms with E-state index in [2.05, 4.69) is 0 Å². The molecule has 6 N–H and O–H groups in total. The molecule has 0 aliphatic rings. The molecule has 0 heterocycles. The summed E-state index contributed by atoms with van der Waals surface area (Å²) in [5.41, 5.74) is 5.53. The maximum atomic E-state index is 11.3. The van der Waals surface area contributed by atoms with Crippen LogP contribution in [0.25, 0.3) is 0 Å². The van der Waals surface area contributed by atoms with E-state index in [0.717, 1.165) is 12.8 Å². The number of aliphatic carboxylic acids is 4. The van der Waals surface area contributed by atoms with Crippen molar-refractivity contribution in [3.63, 3.8) is 0 Å². The minimum atomic E-state index is -1.18. The summed E-state index contributed by atoms with van der Waals surface area (Å²) in [6.45, 7) is 1.74. The van der Waals surface area contributed by atoms with Crippen LogP contribution in [0.3, 0.4) is 0 Å². The molecule has 12 heteroatoms. The molecular weight excluding hydrogens is 400 g/mol. The Morgan fingerprint density at radius 3 is 1.67 bits per heavy atom. The molecule has 0 aromatic heterocycles. The van der Waals surface area contributed by atoms with Crippen LogP contribution in [0.5, 0.6) is 0 Å². The summed E-state index contributed by atoms with van der Waals surface area (Å²) in [7, 11) is 0. The maximum Gasteiger partial charge on any atom is 0.317 e. The van der Waals surface area contributed by atoms with E-state index in [4.69, 9.17) is 15.9 Å². The normalized spacial score (nSPS) is 12.4. The van der Waals surface area contributed by atoms with Crippen molar-refractivity contribution in [1.29, 1.82) is 0 Å². The van der Waals surface area contributed by atoms with Crippen molar-refractivity contribution in [3.05, 3.63) is 0 Å². The molecular formula is C18H34N4O8. The maximum absolute atomic E-state index is 11.3. The Morgan fingerprint density at radius 2 is 1.23 bits per heavy atom. The number of carboxylic acid groups (broad SMARTS) is 4. The average Bonchev–Trinajstić information content (AvgIpc) is 2.61. The van der Waals surface area contributed by atoms with Gasteiger partial charge in [0.05, 0.1) is 26.2 Å². The molecule has 0 rings (SSSR count). The van der Waals surface area contributed by atoms with E-state index in [1.165, 1.54) is 4.90 Å². The zero-order valence-electron chi connectivity index (χ0n) is 17.4. The second-order valence-electron chi connectivity index (χ2n) is 7.02. The highest BCUT2D eigenvalue weighted by Crippen LogP contribution is 2.11. The molecule has 0 spiro atoms. The van der Waals surface area contributed by atoms with E-state index in [1.54, 1.807) is 9.80 Å². The third-order valence-corrected chi connectivity index (χ3v) is 4.53. The minimum Gasteiger partial charge on any atom is -0.480 e. The summed E-state index contributed by atoms with van der Waals surface area (Å²) in [5.74, 6) is -4.43. The molecule has 0 bridgehead atoms. The van der Waals surface area contributed by atoms with Crippen LogP contribution in [0.4, 0.5) is 0 Å². The number of rotatable bonds is 19. The highest BCUT2D eigenvalue weighted by Gasteiger charge is 2.24. The molecule has 1 atom stereocenters. The lowest BCUT2D eigenvalue weighted by molar-refractivity contribution is -0.143. The molecule has 30 heavy (non-hydrogen) atoms. The molecule has 0 fully saturated rings. The fraction of sp³-hybridized carbons (Fsp3) is 0.778. The van der Waals surface area contributed by atoms with Crippen LogP contribution in [-0.2, 0) is 19.2 Å². The van der Waals surface area contributed by atoms with Crippen molar-refractivity contribution in [3.8, 4) is 0 Å². The number of hydrogen-bond donors (Lipinski definition) is 5. The van der Waals surface area contributed by atoms with Gasteiger partial charge in [0.2, 0.25) is 0 Å². The van der Waals surface area contributed by atoms with E-state index in [-0.39, 0.29) is 38.8 Å². The zero-order chi connectivity index (χ0) is 23.1. The summed E-state index contributed by atoms with van der Waals surface area (Å²) >= 11 is 0. The molecule has 1 unspecified atom stereocenters. The van der Waals surface area contributed by atoms with E-state index < -0.39 is 37.0 Å². The van der Waals surface area contributed by atoms with Crippen molar-refractivity contribution < 1.29 is 39.6 Å². The van der Waals surface area contributed by atoms with Gasteiger partial charge in [0, 0.05) is 25.7 Å². The molecule has 0 radical (unpaired) electrons. The van der Waals surface area contributed by atoms with Crippen LogP contribution in [0, 0.1) is 0 Å². The highest BCUT2D eigenvalue weighted by molar-refractivity contribution is 5.72. The van der Waals surface area contributed by atoms with Crippen LogP contribution in [0.15, 0.2) is 0 Å². The van der Waals surface area contributed by atoms with Gasteiger partial charge in [0.1, 0.15) is 0 Å². The van der Waals surface area contributed by atoms with E-state index in [1.807, 2.05) is 6.92 Å².